The van der Waals surface area contributed by atoms with Gasteiger partial charge in [-0.3, -0.25) is 19.3 Å². The molecule has 9 nitrogen and oxygen atoms in total. The van der Waals surface area contributed by atoms with Crippen LogP contribution in [0.4, 0.5) is 11.4 Å². The fourth-order valence-electron chi connectivity index (χ4n) is 2.93. The van der Waals surface area contributed by atoms with Crippen molar-refractivity contribution in [3.8, 4) is 0 Å². The monoisotopic (exact) mass is 431 g/mol. The van der Waals surface area contributed by atoms with Crippen molar-refractivity contribution in [1.29, 1.82) is 0 Å². The highest BCUT2D eigenvalue weighted by Crippen LogP contribution is 2.29. The molecule has 0 saturated heterocycles. The highest BCUT2D eigenvalue weighted by molar-refractivity contribution is 7.89. The van der Waals surface area contributed by atoms with E-state index >= 15 is 0 Å². The zero-order valence-corrected chi connectivity index (χ0v) is 17.0. The van der Waals surface area contributed by atoms with Gasteiger partial charge in [0.15, 0.2) is 6.10 Å². The molecule has 30 heavy (non-hydrogen) atoms. The number of anilines is 2. The number of hydrogen-bond acceptors (Lipinski definition) is 6. The number of rotatable bonds is 7. The minimum Gasteiger partial charge on any atom is -0.452 e. The van der Waals surface area contributed by atoms with Crippen LogP contribution < -0.4 is 14.9 Å². The number of ether oxygens (including phenoxy) is 1. The van der Waals surface area contributed by atoms with Gasteiger partial charge in [-0.25, -0.2) is 13.1 Å². The molecule has 0 bridgehead atoms. The third-order valence-electron chi connectivity index (χ3n) is 4.37. The molecule has 2 amide bonds. The van der Waals surface area contributed by atoms with Gasteiger partial charge in [-0.1, -0.05) is 30.3 Å². The summed E-state index contributed by atoms with van der Waals surface area (Å²) in [7, 11) is -3.73. The van der Waals surface area contributed by atoms with Crippen molar-refractivity contribution in [3.05, 3.63) is 54.6 Å². The molecule has 1 heterocycles. The number of carbonyl (C=O) groups is 3. The van der Waals surface area contributed by atoms with Gasteiger partial charge in [0, 0.05) is 6.54 Å². The van der Waals surface area contributed by atoms with Crippen molar-refractivity contribution in [1.82, 2.24) is 4.72 Å². The standard InChI is InChI=1S/C20H21N3O6S/c1-14(20(26)23-13-18(24)22-16-9-5-6-10-17(16)23)29-19(25)11-12-21-30(27,28)15-7-3-2-4-8-15/h2-10,14,21H,11-13H2,1H3,(H,22,24)/t14-/m1/s1. The molecule has 0 aromatic heterocycles. The number of sulfonamides is 1. The summed E-state index contributed by atoms with van der Waals surface area (Å²) >= 11 is 0. The minimum atomic E-state index is -3.73. The summed E-state index contributed by atoms with van der Waals surface area (Å²) in [6.07, 6.45) is -1.39. The SMILES string of the molecule is C[C@@H](OC(=O)CCNS(=O)(=O)c1ccccc1)C(=O)N1CC(=O)Nc2ccccc21. The van der Waals surface area contributed by atoms with Crippen LogP contribution in [0, 0.1) is 0 Å². The van der Waals surface area contributed by atoms with Gasteiger partial charge in [0.2, 0.25) is 15.9 Å². The average molecular weight is 431 g/mol. The zero-order valence-electron chi connectivity index (χ0n) is 16.2. The predicted molar refractivity (Wildman–Crippen MR) is 109 cm³/mol. The first-order valence-corrected chi connectivity index (χ1v) is 10.7. The maximum absolute atomic E-state index is 12.7. The molecule has 2 N–H and O–H groups in total. The molecular formula is C20H21N3O6S. The maximum Gasteiger partial charge on any atom is 0.307 e. The molecule has 158 valence electrons. The van der Waals surface area contributed by atoms with Crippen molar-refractivity contribution in [3.63, 3.8) is 0 Å². The molecule has 1 aliphatic rings. The molecule has 1 atom stereocenters. The van der Waals surface area contributed by atoms with Crippen LogP contribution in [0.15, 0.2) is 59.5 Å². The van der Waals surface area contributed by atoms with Crippen LogP contribution >= 0.6 is 0 Å². The van der Waals surface area contributed by atoms with E-state index in [9.17, 15) is 22.8 Å². The largest absolute Gasteiger partial charge is 0.452 e. The second-order valence-corrected chi connectivity index (χ2v) is 8.35. The van der Waals surface area contributed by atoms with E-state index in [-0.39, 0.29) is 30.3 Å². The van der Waals surface area contributed by atoms with E-state index in [0.717, 1.165) is 0 Å². The molecule has 2 aromatic carbocycles. The molecule has 0 aliphatic carbocycles. The summed E-state index contributed by atoms with van der Waals surface area (Å²) in [5.41, 5.74) is 1.01. The van der Waals surface area contributed by atoms with Crippen LogP contribution in [0.3, 0.4) is 0 Å². The molecule has 0 radical (unpaired) electrons. The van der Waals surface area contributed by atoms with E-state index in [0.29, 0.717) is 11.4 Å². The highest BCUT2D eigenvalue weighted by atomic mass is 32.2. The Morgan fingerprint density at radius 1 is 1.13 bits per heavy atom. The number of esters is 1. The topological polar surface area (TPSA) is 122 Å². The molecule has 0 unspecified atom stereocenters. The Morgan fingerprint density at radius 3 is 2.53 bits per heavy atom. The van der Waals surface area contributed by atoms with Crippen LogP contribution in [0.5, 0.6) is 0 Å². The number of para-hydroxylation sites is 2. The Balaban J connectivity index is 1.55. The Kier molecular flexibility index (Phi) is 6.48. The van der Waals surface area contributed by atoms with Gasteiger partial charge in [0.1, 0.15) is 6.54 Å². The Labute approximate surface area is 174 Å². The van der Waals surface area contributed by atoms with Gasteiger partial charge in [-0.2, -0.15) is 0 Å². The zero-order chi connectivity index (χ0) is 21.7. The lowest BCUT2D eigenvalue weighted by atomic mass is 10.1. The third kappa shape index (κ3) is 5.02. The predicted octanol–water partition coefficient (Wildman–Crippen LogP) is 1.27. The van der Waals surface area contributed by atoms with Gasteiger partial charge in [0.25, 0.3) is 5.91 Å². The number of fused-ring (bicyclic) bond motifs is 1. The number of nitrogens with one attached hydrogen (secondary N) is 2. The van der Waals surface area contributed by atoms with Gasteiger partial charge in [0.05, 0.1) is 22.7 Å². The van der Waals surface area contributed by atoms with E-state index in [2.05, 4.69) is 10.0 Å². The van der Waals surface area contributed by atoms with Crippen LogP contribution in [-0.2, 0) is 29.1 Å². The second kappa shape index (κ2) is 9.06. The van der Waals surface area contributed by atoms with Gasteiger partial charge >= 0.3 is 5.97 Å². The van der Waals surface area contributed by atoms with Gasteiger partial charge in [-0.05, 0) is 31.2 Å². The lowest BCUT2D eigenvalue weighted by molar-refractivity contribution is -0.153. The van der Waals surface area contributed by atoms with Crippen LogP contribution in [0.25, 0.3) is 0 Å². The average Bonchev–Trinajstić information content (AvgIpc) is 2.73. The molecular weight excluding hydrogens is 410 g/mol. The van der Waals surface area contributed by atoms with Gasteiger partial charge in [-0.15, -0.1) is 0 Å². The molecule has 0 spiro atoms. The smallest absolute Gasteiger partial charge is 0.307 e. The lowest BCUT2D eigenvalue weighted by Crippen LogP contribution is -2.47. The fourth-order valence-corrected chi connectivity index (χ4v) is 3.98. The third-order valence-corrected chi connectivity index (χ3v) is 5.84. The highest BCUT2D eigenvalue weighted by Gasteiger charge is 2.31. The molecule has 3 rings (SSSR count). The first-order valence-electron chi connectivity index (χ1n) is 9.22. The molecule has 0 saturated carbocycles. The lowest BCUT2D eigenvalue weighted by Gasteiger charge is -2.30. The van der Waals surface area contributed by atoms with Crippen molar-refractivity contribution in [2.45, 2.75) is 24.3 Å². The van der Waals surface area contributed by atoms with E-state index in [1.54, 1.807) is 42.5 Å². The quantitative estimate of drug-likeness (QED) is 0.637. The van der Waals surface area contributed by atoms with E-state index in [4.69, 9.17) is 4.74 Å². The van der Waals surface area contributed by atoms with E-state index in [1.165, 1.54) is 24.0 Å². The second-order valence-electron chi connectivity index (χ2n) is 6.58. The number of benzene rings is 2. The molecule has 2 aromatic rings. The molecule has 1 aliphatic heterocycles. The summed E-state index contributed by atoms with van der Waals surface area (Å²) < 4.78 is 31.7. The number of hydrogen-bond donors (Lipinski definition) is 2. The Bertz CT molecular complexity index is 1060. The summed E-state index contributed by atoms with van der Waals surface area (Å²) in [5, 5.41) is 2.67. The molecule has 10 heteroatoms. The molecule has 0 fully saturated rings. The number of carbonyl (C=O) groups excluding carboxylic acids is 3. The van der Waals surface area contributed by atoms with Crippen molar-refractivity contribution in [2.75, 3.05) is 23.3 Å². The fraction of sp³-hybridized carbons (Fsp3) is 0.250. The number of amides is 2. The van der Waals surface area contributed by atoms with Crippen molar-refractivity contribution in [2.24, 2.45) is 0 Å². The first kappa shape index (κ1) is 21.5. The maximum atomic E-state index is 12.7. The van der Waals surface area contributed by atoms with Crippen LogP contribution in [0.1, 0.15) is 13.3 Å². The Hall–Kier alpha value is -3.24. The summed E-state index contributed by atoms with van der Waals surface area (Å²) in [6, 6.07) is 14.6. The van der Waals surface area contributed by atoms with E-state index < -0.39 is 28.0 Å². The summed E-state index contributed by atoms with van der Waals surface area (Å²) in [6.45, 7) is 1.05. The van der Waals surface area contributed by atoms with Crippen molar-refractivity contribution < 1.29 is 27.5 Å². The normalized spacial score (nSPS) is 14.4. The Morgan fingerprint density at radius 2 is 1.80 bits per heavy atom. The number of nitrogens with zero attached hydrogens (tertiary/aromatic N) is 1. The minimum absolute atomic E-state index is 0.0870. The summed E-state index contributed by atoms with van der Waals surface area (Å²) in [5.74, 6) is -1.63. The van der Waals surface area contributed by atoms with Gasteiger partial charge < -0.3 is 10.1 Å². The first-order chi connectivity index (χ1) is 14.3. The van der Waals surface area contributed by atoms with Crippen molar-refractivity contribution >= 4 is 39.2 Å². The van der Waals surface area contributed by atoms with E-state index in [1.807, 2.05) is 0 Å². The van der Waals surface area contributed by atoms with Crippen LogP contribution in [-0.4, -0.2) is 45.4 Å². The van der Waals surface area contributed by atoms with Crippen LogP contribution in [0.2, 0.25) is 0 Å². The summed E-state index contributed by atoms with van der Waals surface area (Å²) in [4.78, 5) is 38.0.